The molecule has 0 N–H and O–H groups in total. The summed E-state index contributed by atoms with van der Waals surface area (Å²) in [5, 5.41) is 5.06. The fourth-order valence-electron chi connectivity index (χ4n) is 10.4. The Bertz CT molecular complexity index is 2970. The van der Waals surface area contributed by atoms with E-state index < -0.39 is 5.41 Å². The standard InChI is InChI=1S/C49H29NO2/c1-3-13-35-30(10-1)31-11-2-4-14-36(31)49(35)37-26-23-29-21-20-28-22-24-34(45(37)44(28)29)46-38(49)27-25-33-32-12-9-17-41(47(32)52-48(33)46)50-39-15-5-7-18-42(39)51-43-19-8-6-16-40(43)50/h1-19,22-27H,20-21H2. The quantitative estimate of drug-likeness (QED) is 0.175. The molecule has 13 rings (SSSR count). The molecule has 0 bridgehead atoms. The molecule has 8 aromatic carbocycles. The lowest BCUT2D eigenvalue weighted by Gasteiger charge is -2.40. The molecular weight excluding hydrogens is 635 g/mol. The van der Waals surface area contributed by atoms with E-state index in [1.54, 1.807) is 0 Å². The minimum atomic E-state index is -0.479. The van der Waals surface area contributed by atoms with E-state index in [1.807, 2.05) is 24.3 Å². The van der Waals surface area contributed by atoms with E-state index in [2.05, 4.69) is 132 Å². The van der Waals surface area contributed by atoms with Crippen molar-refractivity contribution in [1.82, 2.24) is 0 Å². The third-order valence-corrected chi connectivity index (χ3v) is 12.3. The number of furan rings is 1. The lowest BCUT2D eigenvalue weighted by molar-refractivity contribution is 0.477. The maximum absolute atomic E-state index is 7.38. The van der Waals surface area contributed by atoms with Crippen LogP contribution in [0.15, 0.2) is 156 Å². The summed E-state index contributed by atoms with van der Waals surface area (Å²) in [6, 6.07) is 55.6. The topological polar surface area (TPSA) is 25.6 Å². The van der Waals surface area contributed by atoms with Crippen molar-refractivity contribution in [3.63, 3.8) is 0 Å². The van der Waals surface area contributed by atoms with Crippen LogP contribution in [0.3, 0.4) is 0 Å². The lowest BCUT2D eigenvalue weighted by Crippen LogP contribution is -2.32. The third-order valence-electron chi connectivity index (χ3n) is 12.3. The zero-order valence-corrected chi connectivity index (χ0v) is 28.1. The molecule has 3 nitrogen and oxygen atoms in total. The summed E-state index contributed by atoms with van der Waals surface area (Å²) >= 11 is 0. The number of hydrogen-bond donors (Lipinski definition) is 0. The molecule has 1 aliphatic heterocycles. The Morgan fingerprint density at radius 3 is 1.75 bits per heavy atom. The highest BCUT2D eigenvalue weighted by Crippen LogP contribution is 2.64. The zero-order chi connectivity index (χ0) is 33.7. The molecule has 0 amide bonds. The highest BCUT2D eigenvalue weighted by Gasteiger charge is 2.51. The summed E-state index contributed by atoms with van der Waals surface area (Å²) in [5.41, 5.74) is 17.7. The Morgan fingerprint density at radius 1 is 0.423 bits per heavy atom. The first-order valence-electron chi connectivity index (χ1n) is 18.2. The van der Waals surface area contributed by atoms with Crippen LogP contribution in [0.4, 0.5) is 17.1 Å². The SMILES string of the molecule is c1ccc2c(c1)Oc1ccccc1N2c1cccc2c1oc1c3c(ccc12)C1(c2ccccc2-c2ccccc21)c1ccc2c4c(ccc-3c14)CC2. The number of hydrogen-bond acceptors (Lipinski definition) is 3. The van der Waals surface area contributed by atoms with Gasteiger partial charge in [0.25, 0.3) is 0 Å². The summed E-state index contributed by atoms with van der Waals surface area (Å²) < 4.78 is 13.8. The van der Waals surface area contributed by atoms with Crippen molar-refractivity contribution in [2.24, 2.45) is 0 Å². The van der Waals surface area contributed by atoms with Crippen molar-refractivity contribution in [2.45, 2.75) is 18.3 Å². The average molecular weight is 664 g/mol. The molecule has 242 valence electrons. The van der Waals surface area contributed by atoms with Crippen LogP contribution in [0, 0.1) is 0 Å². The molecule has 1 spiro atoms. The molecule has 0 radical (unpaired) electrons. The van der Waals surface area contributed by atoms with Crippen molar-refractivity contribution in [3.05, 3.63) is 185 Å². The second-order valence-corrected chi connectivity index (χ2v) is 14.6. The first-order valence-corrected chi connectivity index (χ1v) is 18.2. The monoisotopic (exact) mass is 663 g/mol. The summed E-state index contributed by atoms with van der Waals surface area (Å²) in [6.45, 7) is 0. The second-order valence-electron chi connectivity index (χ2n) is 14.6. The molecule has 0 saturated carbocycles. The summed E-state index contributed by atoms with van der Waals surface area (Å²) in [4.78, 5) is 2.30. The second kappa shape index (κ2) is 9.39. The van der Waals surface area contributed by atoms with Gasteiger partial charge in [-0.1, -0.05) is 121 Å². The fourth-order valence-corrected chi connectivity index (χ4v) is 10.4. The number of aryl methyl sites for hydroxylation is 2. The summed E-state index contributed by atoms with van der Waals surface area (Å²) in [5.74, 6) is 1.65. The minimum absolute atomic E-state index is 0.479. The maximum Gasteiger partial charge on any atom is 0.159 e. The van der Waals surface area contributed by atoms with Gasteiger partial charge in [-0.25, -0.2) is 0 Å². The summed E-state index contributed by atoms with van der Waals surface area (Å²) in [6.07, 6.45) is 2.17. The van der Waals surface area contributed by atoms with Gasteiger partial charge in [-0.05, 0) is 104 Å². The number of benzene rings is 8. The van der Waals surface area contributed by atoms with Crippen LogP contribution >= 0.6 is 0 Å². The number of nitrogens with zero attached hydrogens (tertiary/aromatic N) is 1. The molecule has 0 unspecified atom stereocenters. The maximum atomic E-state index is 7.38. The van der Waals surface area contributed by atoms with Crippen LogP contribution < -0.4 is 9.64 Å². The van der Waals surface area contributed by atoms with Gasteiger partial charge in [0.2, 0.25) is 0 Å². The van der Waals surface area contributed by atoms with E-state index in [1.165, 1.54) is 66.4 Å². The van der Waals surface area contributed by atoms with Crippen molar-refractivity contribution < 1.29 is 9.15 Å². The van der Waals surface area contributed by atoms with Gasteiger partial charge in [0.1, 0.15) is 5.58 Å². The molecular formula is C49H29NO2. The Kier molecular flexibility index (Phi) is 4.91. The van der Waals surface area contributed by atoms with Crippen LogP contribution in [0.2, 0.25) is 0 Å². The highest BCUT2D eigenvalue weighted by atomic mass is 16.5. The van der Waals surface area contributed by atoms with Crippen LogP contribution in [0.25, 0.3) is 55.0 Å². The minimum Gasteiger partial charge on any atom is -0.453 e. The highest BCUT2D eigenvalue weighted by molar-refractivity contribution is 6.19. The lowest BCUT2D eigenvalue weighted by atomic mass is 9.61. The molecule has 1 aromatic heterocycles. The first-order chi connectivity index (χ1) is 25.8. The van der Waals surface area contributed by atoms with Gasteiger partial charge in [0, 0.05) is 16.3 Å². The van der Waals surface area contributed by atoms with Crippen molar-refractivity contribution in [1.29, 1.82) is 0 Å². The number of rotatable bonds is 1. The van der Waals surface area contributed by atoms with Gasteiger partial charge in [-0.15, -0.1) is 0 Å². The largest absolute Gasteiger partial charge is 0.453 e. The van der Waals surface area contributed by atoms with E-state index in [4.69, 9.17) is 9.15 Å². The zero-order valence-electron chi connectivity index (χ0n) is 28.1. The molecule has 52 heavy (non-hydrogen) atoms. The molecule has 4 aliphatic rings. The van der Waals surface area contributed by atoms with Crippen LogP contribution in [-0.4, -0.2) is 0 Å². The van der Waals surface area contributed by atoms with Gasteiger partial charge in [-0.2, -0.15) is 0 Å². The third kappa shape index (κ3) is 3.07. The van der Waals surface area contributed by atoms with Gasteiger partial charge >= 0.3 is 0 Å². The molecule has 2 heterocycles. The van der Waals surface area contributed by atoms with Crippen molar-refractivity contribution in [3.8, 4) is 33.8 Å². The molecule has 3 heteroatoms. The molecule has 0 fully saturated rings. The predicted molar refractivity (Wildman–Crippen MR) is 210 cm³/mol. The number of anilines is 3. The average Bonchev–Trinajstić information content (AvgIpc) is 3.89. The van der Waals surface area contributed by atoms with Gasteiger partial charge in [0.15, 0.2) is 17.1 Å². The van der Waals surface area contributed by atoms with Gasteiger partial charge < -0.3 is 9.15 Å². The van der Waals surface area contributed by atoms with Crippen molar-refractivity contribution >= 4 is 49.8 Å². The Labute approximate surface area is 300 Å². The molecule has 0 saturated heterocycles. The van der Waals surface area contributed by atoms with Crippen molar-refractivity contribution in [2.75, 3.05) is 4.90 Å². The van der Waals surface area contributed by atoms with Crippen LogP contribution in [-0.2, 0) is 18.3 Å². The number of ether oxygens (including phenoxy) is 1. The number of para-hydroxylation sites is 5. The molecule has 9 aromatic rings. The predicted octanol–water partition coefficient (Wildman–Crippen LogP) is 12.8. The van der Waals surface area contributed by atoms with Gasteiger partial charge in [-0.3, -0.25) is 4.90 Å². The Morgan fingerprint density at radius 2 is 1.02 bits per heavy atom. The molecule has 3 aliphatic carbocycles. The van der Waals surface area contributed by atoms with Crippen LogP contribution in [0.5, 0.6) is 11.5 Å². The number of fused-ring (bicyclic) bond motifs is 15. The van der Waals surface area contributed by atoms with E-state index in [9.17, 15) is 0 Å². The van der Waals surface area contributed by atoms with E-state index in [-0.39, 0.29) is 0 Å². The van der Waals surface area contributed by atoms with E-state index in [0.717, 1.165) is 63.3 Å². The van der Waals surface area contributed by atoms with Gasteiger partial charge in [0.05, 0.1) is 22.5 Å². The summed E-state index contributed by atoms with van der Waals surface area (Å²) in [7, 11) is 0. The van der Waals surface area contributed by atoms with Crippen LogP contribution in [0.1, 0.15) is 33.4 Å². The Hall–Kier alpha value is -6.58. The first kappa shape index (κ1) is 27.2. The van der Waals surface area contributed by atoms with E-state index >= 15 is 0 Å². The van der Waals surface area contributed by atoms with E-state index in [0.29, 0.717) is 0 Å². The normalized spacial score (nSPS) is 15.0. The smallest absolute Gasteiger partial charge is 0.159 e. The Balaban J connectivity index is 1.19. The molecule has 0 atom stereocenters. The fraction of sp³-hybridized carbons (Fsp3) is 0.0612.